The van der Waals surface area contributed by atoms with Crippen LogP contribution in [-0.4, -0.2) is 15.9 Å². The highest BCUT2D eigenvalue weighted by Gasteiger charge is 2.32. The van der Waals surface area contributed by atoms with E-state index in [1.807, 2.05) is 19.1 Å². The van der Waals surface area contributed by atoms with Crippen molar-refractivity contribution in [1.82, 2.24) is 9.97 Å². The first kappa shape index (κ1) is 20.7. The summed E-state index contributed by atoms with van der Waals surface area (Å²) in [6.45, 7) is 2.02. The number of fused-ring (bicyclic) bond motifs is 1. The summed E-state index contributed by atoms with van der Waals surface area (Å²) in [5.41, 5.74) is 3.55. The Labute approximate surface area is 175 Å². The molecule has 158 valence electrons. The lowest BCUT2D eigenvalue weighted by molar-refractivity contribution is -0.141. The van der Waals surface area contributed by atoms with Gasteiger partial charge in [-0.25, -0.2) is 4.39 Å². The fourth-order valence-corrected chi connectivity index (χ4v) is 3.43. The Bertz CT molecular complexity index is 1200. The maximum absolute atomic E-state index is 14.6. The molecule has 8 heteroatoms. The first-order valence-corrected chi connectivity index (χ1v) is 9.47. The van der Waals surface area contributed by atoms with Crippen LogP contribution in [0.5, 0.6) is 0 Å². The van der Waals surface area contributed by atoms with Crippen molar-refractivity contribution in [3.8, 4) is 11.1 Å². The number of alkyl halides is 3. The number of nitrogens with zero attached hydrogens (tertiary/aromatic N) is 2. The van der Waals surface area contributed by atoms with Crippen LogP contribution in [-0.2, 0) is 23.8 Å². The molecule has 1 N–H and O–H groups in total. The molecule has 0 spiro atoms. The summed E-state index contributed by atoms with van der Waals surface area (Å²) in [5.74, 6) is -1.21. The normalized spacial score (nSPS) is 13.0. The van der Waals surface area contributed by atoms with Gasteiger partial charge in [0, 0.05) is 30.1 Å². The molecular formula is C23H17F4N3O. The first-order valence-electron chi connectivity index (χ1n) is 9.47. The minimum atomic E-state index is -4.62. The number of amides is 1. The van der Waals surface area contributed by atoms with Crippen LogP contribution < -0.4 is 5.32 Å². The largest absolute Gasteiger partial charge is 0.433 e. The quantitative estimate of drug-likeness (QED) is 0.564. The molecule has 0 saturated carbocycles. The van der Waals surface area contributed by atoms with E-state index in [0.29, 0.717) is 5.56 Å². The third kappa shape index (κ3) is 4.63. The predicted molar refractivity (Wildman–Crippen MR) is 109 cm³/mol. The predicted octanol–water partition coefficient (Wildman–Crippen LogP) is 5.44. The number of carbonyl (C=O) groups excluding carboxylic acids is 1. The van der Waals surface area contributed by atoms with E-state index in [0.717, 1.165) is 35.5 Å². The van der Waals surface area contributed by atoms with Gasteiger partial charge in [-0.1, -0.05) is 23.8 Å². The number of benzene rings is 1. The summed E-state index contributed by atoms with van der Waals surface area (Å²) in [6.07, 6.45) is 0.553. The van der Waals surface area contributed by atoms with E-state index >= 15 is 0 Å². The third-order valence-electron chi connectivity index (χ3n) is 4.92. The van der Waals surface area contributed by atoms with Crippen molar-refractivity contribution >= 4 is 17.7 Å². The number of halogens is 4. The molecular weight excluding hydrogens is 410 g/mol. The molecule has 3 aromatic rings. The van der Waals surface area contributed by atoms with Crippen molar-refractivity contribution in [2.75, 3.05) is 5.32 Å². The molecule has 2 aromatic heterocycles. The van der Waals surface area contributed by atoms with E-state index < -0.39 is 23.6 Å². The lowest BCUT2D eigenvalue weighted by Gasteiger charge is -2.10. The number of allylic oxidation sites excluding steroid dienone is 1. The monoisotopic (exact) mass is 427 g/mol. The van der Waals surface area contributed by atoms with Gasteiger partial charge in [-0.15, -0.1) is 0 Å². The second-order valence-electron chi connectivity index (χ2n) is 7.39. The lowest BCUT2D eigenvalue weighted by Crippen LogP contribution is -2.16. The van der Waals surface area contributed by atoms with Crippen LogP contribution in [0.25, 0.3) is 17.2 Å². The first-order chi connectivity index (χ1) is 14.7. The topological polar surface area (TPSA) is 54.9 Å². The van der Waals surface area contributed by atoms with Crippen LogP contribution in [0.4, 0.5) is 23.2 Å². The highest BCUT2D eigenvalue weighted by Crippen LogP contribution is 2.30. The number of aromatic nitrogens is 2. The van der Waals surface area contributed by atoms with Crippen LogP contribution >= 0.6 is 0 Å². The summed E-state index contributed by atoms with van der Waals surface area (Å²) >= 11 is 0. The molecule has 1 aromatic carbocycles. The maximum atomic E-state index is 14.6. The van der Waals surface area contributed by atoms with Crippen molar-refractivity contribution in [2.45, 2.75) is 25.9 Å². The van der Waals surface area contributed by atoms with E-state index in [9.17, 15) is 22.4 Å². The van der Waals surface area contributed by atoms with E-state index in [2.05, 4.69) is 15.3 Å². The Balaban J connectivity index is 1.48. The van der Waals surface area contributed by atoms with Gasteiger partial charge < -0.3 is 5.32 Å². The highest BCUT2D eigenvalue weighted by molar-refractivity contribution is 5.92. The van der Waals surface area contributed by atoms with Crippen LogP contribution in [0, 0.1) is 5.82 Å². The van der Waals surface area contributed by atoms with E-state index in [4.69, 9.17) is 0 Å². The third-order valence-corrected chi connectivity index (χ3v) is 4.92. The number of hydrogen-bond donors (Lipinski definition) is 1. The summed E-state index contributed by atoms with van der Waals surface area (Å²) < 4.78 is 52.8. The Hall–Kier alpha value is -3.55. The number of rotatable bonds is 4. The molecule has 4 rings (SSSR count). The summed E-state index contributed by atoms with van der Waals surface area (Å²) in [5, 5.41) is 2.35. The molecule has 4 nitrogen and oxygen atoms in total. The summed E-state index contributed by atoms with van der Waals surface area (Å²) in [4.78, 5) is 19.9. The molecule has 31 heavy (non-hydrogen) atoms. The molecule has 0 saturated heterocycles. The fraction of sp³-hybridized carbons (Fsp3) is 0.174. The SMILES string of the molecule is CC1=Cc2cc(-c3ccc(CC(=O)Nc4ccnc(C(F)(F)F)c4)c(F)c3)cnc2C1. The van der Waals surface area contributed by atoms with E-state index in [1.54, 1.807) is 12.3 Å². The van der Waals surface area contributed by atoms with Gasteiger partial charge in [0.2, 0.25) is 5.91 Å². The zero-order chi connectivity index (χ0) is 22.2. The molecule has 2 heterocycles. The van der Waals surface area contributed by atoms with Crippen LogP contribution in [0.2, 0.25) is 0 Å². The van der Waals surface area contributed by atoms with Crippen molar-refractivity contribution in [3.63, 3.8) is 0 Å². The Morgan fingerprint density at radius 3 is 2.65 bits per heavy atom. The maximum Gasteiger partial charge on any atom is 0.433 e. The van der Waals surface area contributed by atoms with E-state index in [1.165, 1.54) is 23.8 Å². The van der Waals surface area contributed by atoms with Crippen molar-refractivity contribution in [2.24, 2.45) is 0 Å². The van der Waals surface area contributed by atoms with Crippen LogP contribution in [0.1, 0.15) is 29.4 Å². The van der Waals surface area contributed by atoms with Gasteiger partial charge in [-0.05, 0) is 47.9 Å². The number of pyridine rings is 2. The Kier molecular flexibility index (Phi) is 5.31. The number of nitrogens with one attached hydrogen (secondary N) is 1. The smallest absolute Gasteiger partial charge is 0.326 e. The average Bonchev–Trinajstić information content (AvgIpc) is 3.08. The van der Waals surface area contributed by atoms with Gasteiger partial charge in [0.05, 0.1) is 12.1 Å². The number of hydrogen-bond acceptors (Lipinski definition) is 3. The van der Waals surface area contributed by atoms with Crippen LogP contribution in [0.3, 0.4) is 0 Å². The minimum Gasteiger partial charge on any atom is -0.326 e. The van der Waals surface area contributed by atoms with Gasteiger partial charge in [-0.2, -0.15) is 13.2 Å². The second kappa shape index (κ2) is 7.94. The van der Waals surface area contributed by atoms with Gasteiger partial charge in [0.25, 0.3) is 0 Å². The molecule has 1 amide bonds. The fourth-order valence-electron chi connectivity index (χ4n) is 3.43. The zero-order valence-electron chi connectivity index (χ0n) is 16.4. The number of carbonyl (C=O) groups is 1. The molecule has 1 aliphatic rings. The summed E-state index contributed by atoms with van der Waals surface area (Å²) in [7, 11) is 0. The van der Waals surface area contributed by atoms with Gasteiger partial charge >= 0.3 is 6.18 Å². The van der Waals surface area contributed by atoms with Crippen LogP contribution in [0.15, 0.2) is 54.4 Å². The standard InChI is InChI=1S/C23H17F4N3O/c1-13-6-16-8-17(12-29-20(16)7-13)14-2-3-15(19(24)9-14)10-22(31)30-18-4-5-28-21(11-18)23(25,26)27/h2-6,8-9,11-12H,7,10H2,1H3,(H,28,30,31). The molecule has 0 atom stereocenters. The molecule has 0 aliphatic heterocycles. The average molecular weight is 427 g/mol. The van der Waals surface area contributed by atoms with Gasteiger partial charge in [0.1, 0.15) is 11.5 Å². The Morgan fingerprint density at radius 1 is 1.10 bits per heavy atom. The lowest BCUT2D eigenvalue weighted by atomic mass is 10.0. The van der Waals surface area contributed by atoms with Crippen molar-refractivity contribution in [3.05, 3.63) is 82.7 Å². The molecule has 0 fully saturated rings. The molecule has 0 radical (unpaired) electrons. The van der Waals surface area contributed by atoms with Crippen molar-refractivity contribution < 1.29 is 22.4 Å². The van der Waals surface area contributed by atoms with Gasteiger partial charge in [0.15, 0.2) is 0 Å². The highest BCUT2D eigenvalue weighted by atomic mass is 19.4. The zero-order valence-corrected chi connectivity index (χ0v) is 16.4. The number of anilines is 1. The minimum absolute atomic E-state index is 0.0584. The molecule has 0 bridgehead atoms. The van der Waals surface area contributed by atoms with Crippen molar-refractivity contribution in [1.29, 1.82) is 0 Å². The molecule has 0 unspecified atom stereocenters. The van der Waals surface area contributed by atoms with E-state index in [-0.39, 0.29) is 17.7 Å². The molecule has 1 aliphatic carbocycles. The van der Waals surface area contributed by atoms with Gasteiger partial charge in [-0.3, -0.25) is 14.8 Å². The Morgan fingerprint density at radius 2 is 1.90 bits per heavy atom. The second-order valence-corrected chi connectivity index (χ2v) is 7.39. The summed E-state index contributed by atoms with van der Waals surface area (Å²) in [6, 6.07) is 8.42.